The summed E-state index contributed by atoms with van der Waals surface area (Å²) in [5, 5.41) is 2.76. The van der Waals surface area contributed by atoms with Gasteiger partial charge in [-0.15, -0.1) is 0 Å². The molecule has 0 aromatic heterocycles. The van der Waals surface area contributed by atoms with Gasteiger partial charge >= 0.3 is 6.09 Å². The van der Waals surface area contributed by atoms with E-state index in [2.05, 4.69) is 17.4 Å². The van der Waals surface area contributed by atoms with Gasteiger partial charge in [0.05, 0.1) is 6.04 Å². The van der Waals surface area contributed by atoms with Gasteiger partial charge in [0.1, 0.15) is 6.61 Å². The second kappa shape index (κ2) is 5.68. The van der Waals surface area contributed by atoms with E-state index >= 15 is 0 Å². The molecule has 0 spiro atoms. The third-order valence-corrected chi connectivity index (χ3v) is 2.87. The van der Waals surface area contributed by atoms with Crippen molar-refractivity contribution in [1.29, 1.82) is 0 Å². The molecule has 1 heterocycles. The summed E-state index contributed by atoms with van der Waals surface area (Å²) < 4.78 is 9.88. The molecule has 1 atom stereocenters. The van der Waals surface area contributed by atoms with Crippen molar-refractivity contribution in [2.75, 3.05) is 20.3 Å². The summed E-state index contributed by atoms with van der Waals surface area (Å²) in [5.74, 6) is 0. The van der Waals surface area contributed by atoms with Crippen LogP contribution >= 0.6 is 0 Å². The Kier molecular flexibility index (Phi) is 3.98. The number of nitrogens with one attached hydrogen (secondary N) is 1. The van der Waals surface area contributed by atoms with Crippen LogP contribution in [-0.2, 0) is 15.9 Å². The molecule has 1 unspecified atom stereocenters. The maximum atomic E-state index is 10.9. The van der Waals surface area contributed by atoms with Crippen LogP contribution in [0.25, 0.3) is 0 Å². The first-order chi connectivity index (χ1) is 8.29. The van der Waals surface area contributed by atoms with Gasteiger partial charge in [-0.2, -0.15) is 0 Å². The Labute approximate surface area is 101 Å². The van der Waals surface area contributed by atoms with E-state index in [1.807, 2.05) is 12.1 Å². The zero-order valence-corrected chi connectivity index (χ0v) is 9.94. The van der Waals surface area contributed by atoms with Gasteiger partial charge in [0.25, 0.3) is 0 Å². The predicted molar refractivity (Wildman–Crippen MR) is 63.9 cm³/mol. The van der Waals surface area contributed by atoms with Crippen molar-refractivity contribution in [3.63, 3.8) is 0 Å². The Morgan fingerprint density at radius 2 is 2.18 bits per heavy atom. The van der Waals surface area contributed by atoms with Crippen molar-refractivity contribution in [2.24, 2.45) is 0 Å². The molecule has 0 aliphatic carbocycles. The van der Waals surface area contributed by atoms with Crippen molar-refractivity contribution in [2.45, 2.75) is 18.9 Å². The standard InChI is InChI=1S/C13H17NO3/c1-16-8-2-3-10-4-6-11(7-5-10)12-9-17-13(15)14-12/h4-7,12H,2-3,8-9H2,1H3,(H,14,15). The van der Waals surface area contributed by atoms with Crippen molar-refractivity contribution in [1.82, 2.24) is 5.32 Å². The van der Waals surface area contributed by atoms with Crippen LogP contribution in [0, 0.1) is 0 Å². The van der Waals surface area contributed by atoms with Crippen molar-refractivity contribution < 1.29 is 14.3 Å². The molecule has 1 saturated heterocycles. The lowest BCUT2D eigenvalue weighted by atomic mass is 10.0. The van der Waals surface area contributed by atoms with E-state index in [1.54, 1.807) is 7.11 Å². The third-order valence-electron chi connectivity index (χ3n) is 2.87. The topological polar surface area (TPSA) is 47.6 Å². The second-order valence-electron chi connectivity index (χ2n) is 4.13. The molecule has 0 saturated carbocycles. The maximum Gasteiger partial charge on any atom is 0.407 e. The minimum Gasteiger partial charge on any atom is -0.447 e. The lowest BCUT2D eigenvalue weighted by Crippen LogP contribution is -2.18. The highest BCUT2D eigenvalue weighted by atomic mass is 16.6. The van der Waals surface area contributed by atoms with Crippen LogP contribution in [0.2, 0.25) is 0 Å². The number of aryl methyl sites for hydroxylation is 1. The fourth-order valence-electron chi connectivity index (χ4n) is 1.90. The van der Waals surface area contributed by atoms with Crippen LogP contribution in [0.3, 0.4) is 0 Å². The molecule has 0 bridgehead atoms. The molecule has 17 heavy (non-hydrogen) atoms. The summed E-state index contributed by atoms with van der Waals surface area (Å²) in [4.78, 5) is 10.9. The van der Waals surface area contributed by atoms with E-state index in [9.17, 15) is 4.79 Å². The number of amides is 1. The Bertz CT molecular complexity index is 375. The average molecular weight is 235 g/mol. The molecule has 4 heteroatoms. The van der Waals surface area contributed by atoms with Gasteiger partial charge in [-0.1, -0.05) is 24.3 Å². The first-order valence-electron chi connectivity index (χ1n) is 5.80. The zero-order valence-electron chi connectivity index (χ0n) is 9.94. The van der Waals surface area contributed by atoms with E-state index in [-0.39, 0.29) is 12.1 Å². The highest BCUT2D eigenvalue weighted by Crippen LogP contribution is 2.18. The van der Waals surface area contributed by atoms with Gasteiger partial charge in [-0.25, -0.2) is 4.79 Å². The number of carbonyl (C=O) groups excluding carboxylic acids is 1. The van der Waals surface area contributed by atoms with Crippen LogP contribution in [0.5, 0.6) is 0 Å². The maximum absolute atomic E-state index is 10.9. The summed E-state index contributed by atoms with van der Waals surface area (Å²) in [6.07, 6.45) is 1.71. The lowest BCUT2D eigenvalue weighted by molar-refractivity contribution is 0.177. The number of benzene rings is 1. The molecular weight excluding hydrogens is 218 g/mol. The SMILES string of the molecule is COCCCc1ccc(C2COC(=O)N2)cc1. The van der Waals surface area contributed by atoms with E-state index in [4.69, 9.17) is 9.47 Å². The molecule has 2 rings (SSSR count). The van der Waals surface area contributed by atoms with Gasteiger partial charge < -0.3 is 14.8 Å². The smallest absolute Gasteiger partial charge is 0.407 e. The lowest BCUT2D eigenvalue weighted by Gasteiger charge is -2.08. The first kappa shape index (κ1) is 11.9. The Morgan fingerprint density at radius 3 is 2.76 bits per heavy atom. The molecule has 1 aromatic rings. The number of carbonyl (C=O) groups is 1. The fraction of sp³-hybridized carbons (Fsp3) is 0.462. The predicted octanol–water partition coefficient (Wildman–Crippen LogP) is 2.05. The number of hydrogen-bond donors (Lipinski definition) is 1. The Balaban J connectivity index is 1.91. The highest BCUT2D eigenvalue weighted by molar-refractivity contribution is 5.70. The third kappa shape index (κ3) is 3.20. The molecular formula is C13H17NO3. The molecule has 4 nitrogen and oxygen atoms in total. The van der Waals surface area contributed by atoms with E-state index in [0.717, 1.165) is 25.0 Å². The fourth-order valence-corrected chi connectivity index (χ4v) is 1.90. The number of ether oxygens (including phenoxy) is 2. The van der Waals surface area contributed by atoms with Gasteiger partial charge in [-0.3, -0.25) is 0 Å². The van der Waals surface area contributed by atoms with Crippen LogP contribution < -0.4 is 5.32 Å². The molecule has 1 fully saturated rings. The minimum absolute atomic E-state index is 0.00414. The monoisotopic (exact) mass is 235 g/mol. The number of rotatable bonds is 5. The summed E-state index contributed by atoms with van der Waals surface area (Å²) in [5.41, 5.74) is 2.38. The number of alkyl carbamates (subject to hydrolysis) is 1. The summed E-state index contributed by atoms with van der Waals surface area (Å²) >= 11 is 0. The summed E-state index contributed by atoms with van der Waals surface area (Å²) in [7, 11) is 1.71. The largest absolute Gasteiger partial charge is 0.447 e. The van der Waals surface area contributed by atoms with Crippen LogP contribution in [0.15, 0.2) is 24.3 Å². The summed E-state index contributed by atoms with van der Waals surface area (Å²) in [6, 6.07) is 8.27. The van der Waals surface area contributed by atoms with E-state index in [0.29, 0.717) is 6.61 Å². The number of hydrogen-bond acceptors (Lipinski definition) is 3. The number of methoxy groups -OCH3 is 1. The van der Waals surface area contributed by atoms with Crippen LogP contribution in [0.4, 0.5) is 4.79 Å². The molecule has 1 aliphatic rings. The second-order valence-corrected chi connectivity index (χ2v) is 4.13. The van der Waals surface area contributed by atoms with Gasteiger partial charge in [-0.05, 0) is 24.0 Å². The highest BCUT2D eigenvalue weighted by Gasteiger charge is 2.23. The normalized spacial score (nSPS) is 18.9. The van der Waals surface area contributed by atoms with E-state index in [1.165, 1.54) is 5.56 Å². The minimum atomic E-state index is -0.334. The number of cyclic esters (lactones) is 1. The van der Waals surface area contributed by atoms with Crippen LogP contribution in [0.1, 0.15) is 23.6 Å². The molecule has 1 aromatic carbocycles. The van der Waals surface area contributed by atoms with Gasteiger partial charge in [0.15, 0.2) is 0 Å². The molecule has 1 amide bonds. The summed E-state index contributed by atoms with van der Waals surface area (Å²) in [6.45, 7) is 1.20. The van der Waals surface area contributed by atoms with Gasteiger partial charge in [0.2, 0.25) is 0 Å². The van der Waals surface area contributed by atoms with Crippen molar-refractivity contribution >= 4 is 6.09 Å². The molecule has 92 valence electrons. The Hall–Kier alpha value is -1.55. The Morgan fingerprint density at radius 1 is 1.41 bits per heavy atom. The quantitative estimate of drug-likeness (QED) is 0.794. The first-order valence-corrected chi connectivity index (χ1v) is 5.80. The molecule has 1 aliphatic heterocycles. The molecule has 1 N–H and O–H groups in total. The molecule has 0 radical (unpaired) electrons. The van der Waals surface area contributed by atoms with Crippen molar-refractivity contribution in [3.05, 3.63) is 35.4 Å². The average Bonchev–Trinajstić information content (AvgIpc) is 2.77. The van der Waals surface area contributed by atoms with Gasteiger partial charge in [0, 0.05) is 13.7 Å². The van der Waals surface area contributed by atoms with E-state index < -0.39 is 0 Å². The van der Waals surface area contributed by atoms with Crippen LogP contribution in [-0.4, -0.2) is 26.4 Å². The zero-order chi connectivity index (χ0) is 12.1. The van der Waals surface area contributed by atoms with Crippen molar-refractivity contribution in [3.8, 4) is 0 Å².